The van der Waals surface area contributed by atoms with Gasteiger partial charge >= 0.3 is 0 Å². The van der Waals surface area contributed by atoms with Gasteiger partial charge in [-0.05, 0) is 33.7 Å². The van der Waals surface area contributed by atoms with Crippen LogP contribution in [-0.4, -0.2) is 39.7 Å². The fourth-order valence-electron chi connectivity index (χ4n) is 4.73. The zero-order valence-electron chi connectivity index (χ0n) is 25.4. The summed E-state index contributed by atoms with van der Waals surface area (Å²) in [7, 11) is 8.73. The van der Waals surface area contributed by atoms with Crippen molar-refractivity contribution >= 4 is 22.1 Å². The van der Waals surface area contributed by atoms with E-state index in [1.165, 1.54) is 0 Å². The Morgan fingerprint density at radius 2 is 1.02 bits per heavy atom. The third-order valence-corrected chi connectivity index (χ3v) is 6.76. The largest absolute Gasteiger partial charge is 0.435 e. The summed E-state index contributed by atoms with van der Waals surface area (Å²) in [5, 5.41) is 0. The number of rotatable bonds is 7. The Morgan fingerprint density at radius 1 is 0.628 bits per heavy atom. The van der Waals surface area contributed by atoms with Crippen LogP contribution in [0.25, 0.3) is 22.1 Å². The molecule has 0 saturated heterocycles. The SMILES string of the molecule is [CH2-][N+](C)(Cc1nc2ccccc2[n-]1)C[N+](C)([CH-]C)Cc1nc2ccccc2[n-]1.[CH2-]c1ccccc1.[CH2-]c1ccccc1.[Hf]. The molecule has 0 fully saturated rings. The number of hydrogen-bond acceptors (Lipinski definition) is 2. The summed E-state index contributed by atoms with van der Waals surface area (Å²) in [4.78, 5) is 18.7. The third-order valence-electron chi connectivity index (χ3n) is 6.76. The quantitative estimate of drug-likeness (QED) is 0.0771. The van der Waals surface area contributed by atoms with Crippen LogP contribution in [0.2, 0.25) is 0 Å². The predicted molar refractivity (Wildman–Crippen MR) is 172 cm³/mol. The number of aromatic nitrogens is 4. The van der Waals surface area contributed by atoms with Gasteiger partial charge in [-0.1, -0.05) is 60.7 Å². The van der Waals surface area contributed by atoms with E-state index in [0.29, 0.717) is 15.5 Å². The second-order valence-corrected chi connectivity index (χ2v) is 11.0. The number of quaternary nitrogens is 2. The maximum absolute atomic E-state index is 4.69. The maximum Gasteiger partial charge on any atom is 0.159 e. The molecular formula is C36H40HfN6-4. The van der Waals surface area contributed by atoms with Gasteiger partial charge in [-0.25, -0.2) is 0 Å². The Hall–Kier alpha value is -3.65. The van der Waals surface area contributed by atoms with Gasteiger partial charge in [0.2, 0.25) is 0 Å². The molecule has 0 N–H and O–H groups in total. The average Bonchev–Trinajstić information content (AvgIpc) is 3.56. The molecule has 7 heteroatoms. The van der Waals surface area contributed by atoms with Crippen molar-refractivity contribution < 1.29 is 34.8 Å². The summed E-state index contributed by atoms with van der Waals surface area (Å²) in [5.74, 6) is 1.69. The Kier molecular flexibility index (Phi) is 12.4. The van der Waals surface area contributed by atoms with E-state index in [-0.39, 0.29) is 25.8 Å². The van der Waals surface area contributed by atoms with Crippen LogP contribution in [0.1, 0.15) is 29.7 Å². The van der Waals surface area contributed by atoms with Gasteiger partial charge in [-0.3, -0.25) is 0 Å². The molecule has 0 bridgehead atoms. The van der Waals surface area contributed by atoms with Crippen molar-refractivity contribution in [3.05, 3.63) is 159 Å². The molecule has 6 rings (SSSR count). The molecule has 6 nitrogen and oxygen atoms in total. The van der Waals surface area contributed by atoms with E-state index in [4.69, 9.17) is 0 Å². The first-order chi connectivity index (χ1) is 20.1. The molecule has 0 aliphatic rings. The minimum absolute atomic E-state index is 0. The molecule has 0 aliphatic heterocycles. The predicted octanol–water partition coefficient (Wildman–Crippen LogP) is 6.96. The van der Waals surface area contributed by atoms with Crippen LogP contribution in [0, 0.1) is 27.4 Å². The molecule has 0 amide bonds. The number of nitrogens with zero attached hydrogens (tertiary/aromatic N) is 6. The van der Waals surface area contributed by atoms with E-state index in [1.807, 2.05) is 109 Å². The van der Waals surface area contributed by atoms with Gasteiger partial charge in [0.15, 0.2) is 6.67 Å². The van der Waals surface area contributed by atoms with Crippen molar-refractivity contribution in [2.45, 2.75) is 20.0 Å². The summed E-state index contributed by atoms with van der Waals surface area (Å²) in [6, 6.07) is 35.7. The minimum atomic E-state index is 0. The molecule has 6 aromatic rings. The van der Waals surface area contributed by atoms with E-state index in [0.717, 1.165) is 58.1 Å². The molecule has 0 aliphatic carbocycles. The van der Waals surface area contributed by atoms with Gasteiger partial charge in [0.1, 0.15) is 0 Å². The normalized spacial score (nSPS) is 13.4. The van der Waals surface area contributed by atoms with E-state index >= 15 is 0 Å². The minimum Gasteiger partial charge on any atom is -0.435 e. The number of fused-ring (bicyclic) bond motifs is 2. The zero-order chi connectivity index (χ0) is 30.0. The fourth-order valence-corrected chi connectivity index (χ4v) is 4.73. The second-order valence-electron chi connectivity index (χ2n) is 11.0. The van der Waals surface area contributed by atoms with Crippen LogP contribution in [0.5, 0.6) is 0 Å². The van der Waals surface area contributed by atoms with Crippen molar-refractivity contribution in [1.29, 1.82) is 0 Å². The second kappa shape index (κ2) is 15.7. The first kappa shape index (κ1) is 33.8. The summed E-state index contributed by atoms with van der Waals surface area (Å²) in [6.45, 7) is 13.9. The number of para-hydroxylation sites is 4. The summed E-state index contributed by atoms with van der Waals surface area (Å²) in [5.41, 5.74) is 5.92. The van der Waals surface area contributed by atoms with Crippen molar-refractivity contribution in [2.24, 2.45) is 0 Å². The Morgan fingerprint density at radius 3 is 1.40 bits per heavy atom. The monoisotopic (exact) mass is 736 g/mol. The topological polar surface area (TPSA) is 54.0 Å². The zero-order valence-corrected chi connectivity index (χ0v) is 29.0. The van der Waals surface area contributed by atoms with Crippen LogP contribution < -0.4 is 9.97 Å². The molecule has 0 radical (unpaired) electrons. The molecule has 0 spiro atoms. The number of imidazole rings is 2. The van der Waals surface area contributed by atoms with Crippen molar-refractivity contribution in [1.82, 2.24) is 19.9 Å². The van der Waals surface area contributed by atoms with Crippen LogP contribution in [-0.2, 0) is 38.9 Å². The fraction of sp³-hybridized carbons (Fsp3) is 0.167. The molecule has 2 unspecified atom stereocenters. The van der Waals surface area contributed by atoms with Gasteiger partial charge in [0.05, 0.1) is 13.1 Å². The maximum atomic E-state index is 4.69. The summed E-state index contributed by atoms with van der Waals surface area (Å²) < 4.78 is 1.20. The van der Waals surface area contributed by atoms with E-state index in [2.05, 4.69) is 68.4 Å². The average molecular weight is 735 g/mol. The van der Waals surface area contributed by atoms with E-state index < -0.39 is 0 Å². The van der Waals surface area contributed by atoms with Gasteiger partial charge < -0.3 is 28.9 Å². The van der Waals surface area contributed by atoms with Gasteiger partial charge in [0, 0.05) is 39.9 Å². The standard InChI is InChI=1S/C22H26N6.2C7H7.Hf/c1-5-28(4,15-22-25-19-12-8-9-13-20(19)26-22)16-27(2,3)14-21-23-17-10-6-7-11-18(17)24-21;2*1-7-5-3-2-4-6-7;/h5-13H,2,14-16H2,1,3-4H3;2*2-6H,1H2;/q-2;2*-1;. The molecule has 0 saturated carbocycles. The number of hydrogen-bond donors (Lipinski definition) is 0. The summed E-state index contributed by atoms with van der Waals surface area (Å²) in [6.07, 6.45) is 0. The molecule has 2 aromatic heterocycles. The number of benzene rings is 4. The third kappa shape index (κ3) is 10.5. The van der Waals surface area contributed by atoms with E-state index in [9.17, 15) is 0 Å². The summed E-state index contributed by atoms with van der Waals surface area (Å²) >= 11 is 0. The Bertz CT molecular complexity index is 1560. The molecule has 4 aromatic carbocycles. The van der Waals surface area contributed by atoms with Crippen LogP contribution in [0.3, 0.4) is 0 Å². The van der Waals surface area contributed by atoms with Crippen molar-refractivity contribution in [2.75, 3.05) is 20.8 Å². The molecule has 43 heavy (non-hydrogen) atoms. The van der Waals surface area contributed by atoms with Crippen LogP contribution in [0.4, 0.5) is 0 Å². The Labute approximate surface area is 275 Å². The van der Waals surface area contributed by atoms with Crippen molar-refractivity contribution in [3.8, 4) is 0 Å². The van der Waals surface area contributed by atoms with Crippen LogP contribution in [0.15, 0.2) is 109 Å². The van der Waals surface area contributed by atoms with Gasteiger partial charge in [0.25, 0.3) is 0 Å². The first-order valence-corrected chi connectivity index (χ1v) is 14.0. The van der Waals surface area contributed by atoms with Gasteiger partial charge in [-0.2, -0.15) is 49.2 Å². The van der Waals surface area contributed by atoms with Gasteiger partial charge in [-0.15, -0.1) is 44.8 Å². The molecule has 2 atom stereocenters. The molecule has 222 valence electrons. The van der Waals surface area contributed by atoms with Crippen molar-refractivity contribution in [3.63, 3.8) is 0 Å². The van der Waals surface area contributed by atoms with E-state index in [1.54, 1.807) is 0 Å². The molecule has 2 heterocycles. The first-order valence-electron chi connectivity index (χ1n) is 14.0. The molecular weight excluding hydrogens is 695 g/mol. The Balaban J connectivity index is 0.000000276. The smallest absolute Gasteiger partial charge is 0.159 e. The van der Waals surface area contributed by atoms with Crippen LogP contribution >= 0.6 is 0 Å².